The first-order valence-corrected chi connectivity index (χ1v) is 4.80. The van der Waals surface area contributed by atoms with Gasteiger partial charge in [-0.2, -0.15) is 0 Å². The Balaban J connectivity index is 2.26. The second kappa shape index (κ2) is 4.53. The fourth-order valence-corrected chi connectivity index (χ4v) is 1.23. The van der Waals surface area contributed by atoms with Crippen LogP contribution in [0.15, 0.2) is 36.7 Å². The molecule has 2 aromatic rings. The summed E-state index contributed by atoms with van der Waals surface area (Å²) < 4.78 is 5.50. The summed E-state index contributed by atoms with van der Waals surface area (Å²) in [5.41, 5.74) is 0.503. The molecule has 0 unspecified atom stereocenters. The molecule has 0 bridgehead atoms. The Morgan fingerprint density at radius 2 is 1.88 bits per heavy atom. The van der Waals surface area contributed by atoms with Gasteiger partial charge in [-0.3, -0.25) is 4.79 Å². The van der Waals surface area contributed by atoms with Crippen molar-refractivity contribution in [2.75, 3.05) is 0 Å². The molecule has 0 N–H and O–H groups in total. The van der Waals surface area contributed by atoms with E-state index < -0.39 is 0 Å². The van der Waals surface area contributed by atoms with Crippen LogP contribution in [0.3, 0.4) is 0 Å². The molecule has 1 heterocycles. The van der Waals surface area contributed by atoms with E-state index in [2.05, 4.69) is 9.97 Å². The zero-order valence-electron chi connectivity index (χ0n) is 8.75. The first-order chi connectivity index (χ1) is 7.79. The first kappa shape index (κ1) is 10.3. The SMILES string of the molecule is Cc1ncc(Oc2ccccc2C=O)cn1. The van der Waals surface area contributed by atoms with E-state index in [9.17, 15) is 4.79 Å². The Labute approximate surface area is 92.9 Å². The zero-order valence-corrected chi connectivity index (χ0v) is 8.75. The maximum absolute atomic E-state index is 10.8. The quantitative estimate of drug-likeness (QED) is 0.736. The van der Waals surface area contributed by atoms with Gasteiger partial charge >= 0.3 is 0 Å². The van der Waals surface area contributed by atoms with Gasteiger partial charge < -0.3 is 4.74 Å². The molecule has 4 nitrogen and oxygen atoms in total. The van der Waals surface area contributed by atoms with Crippen molar-refractivity contribution >= 4 is 6.29 Å². The number of rotatable bonds is 3. The Bertz CT molecular complexity index is 495. The highest BCUT2D eigenvalue weighted by atomic mass is 16.5. The molecule has 0 spiro atoms. The fourth-order valence-electron chi connectivity index (χ4n) is 1.23. The van der Waals surface area contributed by atoms with E-state index in [-0.39, 0.29) is 0 Å². The summed E-state index contributed by atoms with van der Waals surface area (Å²) in [5.74, 6) is 1.70. The standard InChI is InChI=1S/C12H10N2O2/c1-9-13-6-11(7-14-9)16-12-5-3-2-4-10(12)8-15/h2-8H,1H3. The maximum atomic E-state index is 10.8. The highest BCUT2D eigenvalue weighted by Gasteiger charge is 2.03. The molecule has 0 amide bonds. The summed E-state index contributed by atoms with van der Waals surface area (Å²) in [4.78, 5) is 18.8. The Morgan fingerprint density at radius 1 is 1.19 bits per heavy atom. The van der Waals surface area contributed by atoms with Crippen molar-refractivity contribution in [2.24, 2.45) is 0 Å². The normalized spacial score (nSPS) is 9.81. The van der Waals surface area contributed by atoms with Gasteiger partial charge in [-0.25, -0.2) is 9.97 Å². The molecule has 16 heavy (non-hydrogen) atoms. The number of ether oxygens (including phenoxy) is 1. The zero-order chi connectivity index (χ0) is 11.4. The highest BCUT2D eigenvalue weighted by molar-refractivity contribution is 5.79. The fraction of sp³-hybridized carbons (Fsp3) is 0.0833. The molecule has 80 valence electrons. The lowest BCUT2D eigenvalue weighted by molar-refractivity contribution is 0.112. The molecule has 0 saturated carbocycles. The summed E-state index contributed by atoms with van der Waals surface area (Å²) in [7, 11) is 0. The topological polar surface area (TPSA) is 52.1 Å². The van der Waals surface area contributed by atoms with E-state index in [1.165, 1.54) is 0 Å². The number of aromatic nitrogens is 2. The summed E-state index contributed by atoms with van der Waals surface area (Å²) in [5, 5.41) is 0. The highest BCUT2D eigenvalue weighted by Crippen LogP contribution is 2.22. The molecule has 0 saturated heterocycles. The number of aldehydes is 1. The average molecular weight is 214 g/mol. The minimum absolute atomic E-state index is 0.503. The Hall–Kier alpha value is -2.23. The molecular weight excluding hydrogens is 204 g/mol. The minimum Gasteiger partial charge on any atom is -0.453 e. The second-order valence-electron chi connectivity index (χ2n) is 3.22. The lowest BCUT2D eigenvalue weighted by Gasteiger charge is -2.06. The van der Waals surface area contributed by atoms with Crippen LogP contribution < -0.4 is 4.74 Å². The van der Waals surface area contributed by atoms with Crippen LogP contribution in [-0.4, -0.2) is 16.3 Å². The molecule has 0 aliphatic heterocycles. The van der Waals surface area contributed by atoms with Crippen LogP contribution in [0.25, 0.3) is 0 Å². The van der Waals surface area contributed by atoms with Gasteiger partial charge in [0.05, 0.1) is 18.0 Å². The van der Waals surface area contributed by atoms with Gasteiger partial charge in [0.1, 0.15) is 11.6 Å². The Morgan fingerprint density at radius 3 is 2.56 bits per heavy atom. The number of carbonyl (C=O) groups excluding carboxylic acids is 1. The van der Waals surface area contributed by atoms with Gasteiger partial charge in [0.2, 0.25) is 0 Å². The third kappa shape index (κ3) is 2.23. The molecule has 4 heteroatoms. The predicted octanol–water partition coefficient (Wildman–Crippen LogP) is 2.39. The van der Waals surface area contributed by atoms with Gasteiger partial charge in [-0.15, -0.1) is 0 Å². The smallest absolute Gasteiger partial charge is 0.164 e. The number of para-hydroxylation sites is 1. The summed E-state index contributed by atoms with van der Waals surface area (Å²) in [6.45, 7) is 1.79. The van der Waals surface area contributed by atoms with Crippen molar-refractivity contribution in [1.29, 1.82) is 0 Å². The number of carbonyl (C=O) groups is 1. The van der Waals surface area contributed by atoms with Gasteiger partial charge in [0.25, 0.3) is 0 Å². The van der Waals surface area contributed by atoms with E-state index in [0.29, 0.717) is 22.9 Å². The second-order valence-corrected chi connectivity index (χ2v) is 3.22. The number of hydrogen-bond acceptors (Lipinski definition) is 4. The third-order valence-corrected chi connectivity index (χ3v) is 2.03. The molecule has 2 rings (SSSR count). The van der Waals surface area contributed by atoms with Gasteiger partial charge in [0, 0.05) is 0 Å². The van der Waals surface area contributed by atoms with Crippen molar-refractivity contribution in [3.63, 3.8) is 0 Å². The van der Waals surface area contributed by atoms with Crippen molar-refractivity contribution in [2.45, 2.75) is 6.92 Å². The molecule has 0 aliphatic carbocycles. The Kier molecular flexibility index (Phi) is 2.91. The number of hydrogen-bond donors (Lipinski definition) is 0. The van der Waals surface area contributed by atoms with Crippen LogP contribution in [0.2, 0.25) is 0 Å². The molecule has 0 aliphatic rings. The number of aryl methyl sites for hydroxylation is 1. The summed E-state index contributed by atoms with van der Waals surface area (Å²) in [6.07, 6.45) is 3.90. The van der Waals surface area contributed by atoms with Crippen LogP contribution in [0.4, 0.5) is 0 Å². The average Bonchev–Trinajstić information content (AvgIpc) is 2.33. The van der Waals surface area contributed by atoms with Crippen LogP contribution >= 0.6 is 0 Å². The van der Waals surface area contributed by atoms with Crippen LogP contribution in [-0.2, 0) is 0 Å². The summed E-state index contributed by atoms with van der Waals surface area (Å²) in [6, 6.07) is 7.00. The molecule has 1 aromatic heterocycles. The van der Waals surface area contributed by atoms with E-state index in [1.54, 1.807) is 43.6 Å². The van der Waals surface area contributed by atoms with Crippen LogP contribution in [0, 0.1) is 6.92 Å². The van der Waals surface area contributed by atoms with E-state index >= 15 is 0 Å². The van der Waals surface area contributed by atoms with Gasteiger partial charge in [-0.05, 0) is 19.1 Å². The van der Waals surface area contributed by atoms with Crippen LogP contribution in [0.5, 0.6) is 11.5 Å². The first-order valence-electron chi connectivity index (χ1n) is 4.80. The van der Waals surface area contributed by atoms with E-state index in [4.69, 9.17) is 4.74 Å². The van der Waals surface area contributed by atoms with Crippen molar-refractivity contribution in [3.05, 3.63) is 48.0 Å². The largest absolute Gasteiger partial charge is 0.453 e. The van der Waals surface area contributed by atoms with Gasteiger partial charge in [0.15, 0.2) is 12.0 Å². The van der Waals surface area contributed by atoms with E-state index in [0.717, 1.165) is 6.29 Å². The summed E-state index contributed by atoms with van der Waals surface area (Å²) >= 11 is 0. The van der Waals surface area contributed by atoms with Crippen molar-refractivity contribution < 1.29 is 9.53 Å². The minimum atomic E-state index is 0.503. The molecule has 0 radical (unpaired) electrons. The monoisotopic (exact) mass is 214 g/mol. The van der Waals surface area contributed by atoms with Crippen LogP contribution in [0.1, 0.15) is 16.2 Å². The third-order valence-electron chi connectivity index (χ3n) is 2.03. The lowest BCUT2D eigenvalue weighted by atomic mass is 10.2. The number of benzene rings is 1. The van der Waals surface area contributed by atoms with E-state index in [1.807, 2.05) is 0 Å². The molecule has 1 aromatic carbocycles. The molecular formula is C12H10N2O2. The lowest BCUT2D eigenvalue weighted by Crippen LogP contribution is -1.92. The van der Waals surface area contributed by atoms with Crippen molar-refractivity contribution in [3.8, 4) is 11.5 Å². The predicted molar refractivity (Wildman–Crippen MR) is 58.7 cm³/mol. The van der Waals surface area contributed by atoms with Crippen molar-refractivity contribution in [1.82, 2.24) is 9.97 Å². The molecule has 0 atom stereocenters. The maximum Gasteiger partial charge on any atom is 0.164 e. The molecule has 0 fully saturated rings. The number of nitrogens with zero attached hydrogens (tertiary/aromatic N) is 2. The van der Waals surface area contributed by atoms with Gasteiger partial charge in [-0.1, -0.05) is 12.1 Å².